The van der Waals surface area contributed by atoms with Crippen LogP contribution in [0.4, 0.5) is 5.95 Å². The van der Waals surface area contributed by atoms with Gasteiger partial charge in [-0.25, -0.2) is 9.97 Å². The Morgan fingerprint density at radius 3 is 2.87 bits per heavy atom. The first-order valence-electron chi connectivity index (χ1n) is 7.83. The fourth-order valence-electron chi connectivity index (χ4n) is 2.94. The number of hydrogen-bond acceptors (Lipinski definition) is 4. The monoisotopic (exact) mass is 326 g/mol. The molecule has 0 bridgehead atoms. The zero-order valence-corrected chi connectivity index (χ0v) is 14.0. The third-order valence-corrected chi connectivity index (χ3v) is 5.31. The van der Waals surface area contributed by atoms with Crippen molar-refractivity contribution in [1.82, 2.24) is 14.5 Å². The molecule has 3 aromatic rings. The maximum Gasteiger partial charge on any atom is 0.235 e. The van der Waals surface area contributed by atoms with Crippen LogP contribution in [0.5, 0.6) is 0 Å². The van der Waals surface area contributed by atoms with Gasteiger partial charge in [0.2, 0.25) is 11.9 Å². The molecule has 0 atom stereocenters. The van der Waals surface area contributed by atoms with E-state index in [1.807, 2.05) is 23.6 Å². The second-order valence-electron chi connectivity index (χ2n) is 6.11. The number of carbonyl (C=O) groups is 1. The Bertz CT molecular complexity index is 880. The van der Waals surface area contributed by atoms with Crippen molar-refractivity contribution in [3.63, 3.8) is 0 Å². The van der Waals surface area contributed by atoms with Crippen LogP contribution in [0, 0.1) is 0 Å². The summed E-state index contributed by atoms with van der Waals surface area (Å²) in [6.45, 7) is 5.73. The van der Waals surface area contributed by atoms with Crippen molar-refractivity contribution in [2.24, 2.45) is 0 Å². The molecule has 1 amide bonds. The molecule has 23 heavy (non-hydrogen) atoms. The molecule has 0 saturated heterocycles. The van der Waals surface area contributed by atoms with Crippen LogP contribution in [-0.2, 0) is 17.8 Å². The first-order valence-corrected chi connectivity index (χ1v) is 8.71. The molecule has 0 aliphatic carbocycles. The molecule has 0 N–H and O–H groups in total. The van der Waals surface area contributed by atoms with Crippen molar-refractivity contribution < 1.29 is 4.79 Å². The molecule has 0 spiro atoms. The van der Waals surface area contributed by atoms with Crippen molar-refractivity contribution in [1.29, 1.82) is 0 Å². The van der Waals surface area contributed by atoms with E-state index in [0.29, 0.717) is 18.9 Å². The van der Waals surface area contributed by atoms with Crippen LogP contribution in [0.1, 0.15) is 30.5 Å². The summed E-state index contributed by atoms with van der Waals surface area (Å²) in [5, 5.41) is 3.08. The number of para-hydroxylation sites is 2. The van der Waals surface area contributed by atoms with E-state index < -0.39 is 0 Å². The van der Waals surface area contributed by atoms with Crippen LogP contribution in [0.25, 0.3) is 11.0 Å². The molecular weight excluding hydrogens is 308 g/mol. The van der Waals surface area contributed by atoms with E-state index in [0.717, 1.165) is 34.2 Å². The first-order chi connectivity index (χ1) is 11.1. The lowest BCUT2D eigenvalue weighted by molar-refractivity contribution is -0.117. The third-order valence-electron chi connectivity index (χ3n) is 4.12. The van der Waals surface area contributed by atoms with Gasteiger partial charge >= 0.3 is 0 Å². The van der Waals surface area contributed by atoms with E-state index in [4.69, 9.17) is 0 Å². The number of thiazole rings is 1. The number of anilines is 1. The largest absolute Gasteiger partial charge is 0.308 e. The molecule has 5 nitrogen and oxygen atoms in total. The Balaban J connectivity index is 1.59. The summed E-state index contributed by atoms with van der Waals surface area (Å²) in [5.41, 5.74) is 2.89. The predicted molar refractivity (Wildman–Crippen MR) is 92.0 cm³/mol. The number of aromatic nitrogens is 3. The fraction of sp³-hybridized carbons (Fsp3) is 0.353. The van der Waals surface area contributed by atoms with Gasteiger partial charge in [-0.15, -0.1) is 11.3 Å². The Morgan fingerprint density at radius 1 is 1.26 bits per heavy atom. The number of imidazole rings is 1. The molecule has 4 rings (SSSR count). The van der Waals surface area contributed by atoms with Crippen molar-refractivity contribution in [2.45, 2.75) is 32.7 Å². The summed E-state index contributed by atoms with van der Waals surface area (Å²) in [6, 6.07) is 8.01. The molecule has 3 heterocycles. The standard InChI is InChI=1S/C17H18N4OS/c1-11(2)16-18-12(10-23-16)9-15(22)21-8-7-20-14-6-4-3-5-13(14)19-17(20)21/h3-6,10-11H,7-9H2,1-2H3. The smallest absolute Gasteiger partial charge is 0.235 e. The second kappa shape index (κ2) is 5.45. The zero-order valence-electron chi connectivity index (χ0n) is 13.2. The molecule has 118 valence electrons. The van der Waals surface area contributed by atoms with E-state index in [2.05, 4.69) is 34.4 Å². The van der Waals surface area contributed by atoms with E-state index in [1.54, 1.807) is 16.2 Å². The fourth-order valence-corrected chi connectivity index (χ4v) is 3.78. The highest BCUT2D eigenvalue weighted by Crippen LogP contribution is 2.28. The Kier molecular flexibility index (Phi) is 3.41. The molecule has 6 heteroatoms. The summed E-state index contributed by atoms with van der Waals surface area (Å²) in [6.07, 6.45) is 0.340. The molecule has 0 saturated carbocycles. The topological polar surface area (TPSA) is 51.0 Å². The molecule has 0 radical (unpaired) electrons. The Hall–Kier alpha value is -2.21. The minimum absolute atomic E-state index is 0.0691. The minimum atomic E-state index is 0.0691. The quantitative estimate of drug-likeness (QED) is 0.742. The van der Waals surface area contributed by atoms with Gasteiger partial charge in [0.1, 0.15) is 0 Å². The minimum Gasteiger partial charge on any atom is -0.308 e. The highest BCUT2D eigenvalue weighted by molar-refractivity contribution is 7.09. The van der Waals surface area contributed by atoms with Gasteiger partial charge in [0, 0.05) is 24.4 Å². The van der Waals surface area contributed by atoms with Crippen LogP contribution >= 0.6 is 11.3 Å². The third kappa shape index (κ3) is 2.43. The number of benzene rings is 1. The maximum absolute atomic E-state index is 12.7. The van der Waals surface area contributed by atoms with Gasteiger partial charge in [0.05, 0.1) is 28.2 Å². The van der Waals surface area contributed by atoms with Crippen molar-refractivity contribution in [2.75, 3.05) is 11.4 Å². The number of amides is 1. The summed E-state index contributed by atoms with van der Waals surface area (Å²) >= 11 is 1.63. The predicted octanol–water partition coefficient (Wildman–Crippen LogP) is 3.21. The number of nitrogens with zero attached hydrogens (tertiary/aromatic N) is 4. The molecular formula is C17H18N4OS. The summed E-state index contributed by atoms with van der Waals surface area (Å²) in [4.78, 5) is 23.6. The van der Waals surface area contributed by atoms with Crippen LogP contribution in [0.3, 0.4) is 0 Å². The van der Waals surface area contributed by atoms with Gasteiger partial charge in [0.15, 0.2) is 0 Å². The lowest BCUT2D eigenvalue weighted by atomic mass is 10.2. The molecule has 1 aliphatic heterocycles. The van der Waals surface area contributed by atoms with E-state index in [-0.39, 0.29) is 5.91 Å². The zero-order chi connectivity index (χ0) is 16.0. The van der Waals surface area contributed by atoms with E-state index in [9.17, 15) is 4.79 Å². The molecule has 1 aliphatic rings. The van der Waals surface area contributed by atoms with Crippen molar-refractivity contribution in [3.05, 3.63) is 40.3 Å². The Labute approximate surface area is 138 Å². The van der Waals surface area contributed by atoms with Crippen LogP contribution in [0.15, 0.2) is 29.6 Å². The number of hydrogen-bond donors (Lipinski definition) is 0. The normalized spacial score (nSPS) is 14.0. The lowest BCUT2D eigenvalue weighted by Gasteiger charge is -2.12. The Morgan fingerprint density at radius 2 is 2.09 bits per heavy atom. The molecule has 1 aromatic carbocycles. The highest BCUT2D eigenvalue weighted by atomic mass is 32.1. The lowest BCUT2D eigenvalue weighted by Crippen LogP contribution is -2.31. The van der Waals surface area contributed by atoms with Crippen LogP contribution < -0.4 is 4.90 Å². The van der Waals surface area contributed by atoms with Crippen molar-refractivity contribution >= 4 is 34.2 Å². The summed E-state index contributed by atoms with van der Waals surface area (Å²) in [7, 11) is 0. The SMILES string of the molecule is CC(C)c1nc(CC(=O)N2CCn3c2nc2ccccc23)cs1. The number of fused-ring (bicyclic) bond motifs is 3. The number of rotatable bonds is 3. The van der Waals surface area contributed by atoms with Gasteiger partial charge in [-0.05, 0) is 12.1 Å². The van der Waals surface area contributed by atoms with E-state index >= 15 is 0 Å². The van der Waals surface area contributed by atoms with E-state index in [1.165, 1.54) is 0 Å². The van der Waals surface area contributed by atoms with Crippen LogP contribution in [0.2, 0.25) is 0 Å². The first kappa shape index (κ1) is 14.4. The highest BCUT2D eigenvalue weighted by Gasteiger charge is 2.28. The maximum atomic E-state index is 12.7. The summed E-state index contributed by atoms with van der Waals surface area (Å²) < 4.78 is 2.12. The average Bonchev–Trinajstić information content (AvgIpc) is 3.20. The molecule has 0 fully saturated rings. The van der Waals surface area contributed by atoms with Crippen LogP contribution in [-0.4, -0.2) is 27.0 Å². The summed E-state index contributed by atoms with van der Waals surface area (Å²) in [5.74, 6) is 1.23. The van der Waals surface area contributed by atoms with Crippen molar-refractivity contribution in [3.8, 4) is 0 Å². The molecule has 0 unspecified atom stereocenters. The second-order valence-corrected chi connectivity index (χ2v) is 7.00. The molecule has 2 aromatic heterocycles. The van der Waals surface area contributed by atoms with Gasteiger partial charge < -0.3 is 4.57 Å². The van der Waals surface area contributed by atoms with Gasteiger partial charge in [-0.1, -0.05) is 26.0 Å². The average molecular weight is 326 g/mol. The van der Waals surface area contributed by atoms with Gasteiger partial charge in [-0.2, -0.15) is 0 Å². The van der Waals surface area contributed by atoms with Gasteiger partial charge in [-0.3, -0.25) is 9.69 Å². The number of carbonyl (C=O) groups excluding carboxylic acids is 1. The van der Waals surface area contributed by atoms with Gasteiger partial charge in [0.25, 0.3) is 0 Å².